The highest BCUT2D eigenvalue weighted by atomic mass is 16.7. The van der Waals surface area contributed by atoms with Crippen LogP contribution in [0.1, 0.15) is 39.4 Å². The molecule has 2 aliphatic heterocycles. The number of piperidine rings is 1. The van der Waals surface area contributed by atoms with E-state index in [-0.39, 0.29) is 23.2 Å². The Balaban J connectivity index is 1.41. The molecular weight excluding hydrogens is 370 g/mol. The van der Waals surface area contributed by atoms with Crippen LogP contribution in [-0.2, 0) is 16.0 Å². The number of amides is 2. The minimum absolute atomic E-state index is 0.168. The van der Waals surface area contributed by atoms with Gasteiger partial charge in [-0.3, -0.25) is 9.59 Å². The Morgan fingerprint density at radius 3 is 2.34 bits per heavy atom. The van der Waals surface area contributed by atoms with Crippen molar-refractivity contribution in [3.63, 3.8) is 0 Å². The van der Waals surface area contributed by atoms with Crippen LogP contribution in [0.4, 0.5) is 0 Å². The minimum Gasteiger partial charge on any atom is -0.347 e. The van der Waals surface area contributed by atoms with Gasteiger partial charge in [0.15, 0.2) is 5.79 Å². The van der Waals surface area contributed by atoms with E-state index in [9.17, 15) is 9.59 Å². The van der Waals surface area contributed by atoms with Gasteiger partial charge < -0.3 is 19.3 Å². The minimum atomic E-state index is -0.526. The van der Waals surface area contributed by atoms with Gasteiger partial charge >= 0.3 is 0 Å². The average Bonchev–Trinajstić information content (AvgIpc) is 3.22. The molecule has 2 aromatic rings. The van der Waals surface area contributed by atoms with Crippen molar-refractivity contribution in [2.45, 2.75) is 25.2 Å². The number of hydrogen-bond donors (Lipinski definition) is 0. The molecule has 0 N–H and O–H groups in total. The van der Waals surface area contributed by atoms with Crippen LogP contribution in [0.5, 0.6) is 0 Å². The first kappa shape index (κ1) is 19.5. The third kappa shape index (κ3) is 4.31. The zero-order chi connectivity index (χ0) is 20.3. The summed E-state index contributed by atoms with van der Waals surface area (Å²) in [5.41, 5.74) is 1.59. The highest BCUT2D eigenvalue weighted by Gasteiger charge is 2.41. The van der Waals surface area contributed by atoms with Gasteiger partial charge in [0.05, 0.1) is 13.2 Å². The molecule has 2 aliphatic rings. The lowest BCUT2D eigenvalue weighted by Gasteiger charge is -2.37. The molecule has 3 heterocycles. The Kier molecular flexibility index (Phi) is 5.60. The molecule has 0 saturated carbocycles. The summed E-state index contributed by atoms with van der Waals surface area (Å²) in [6, 6.07) is 14.8. The van der Waals surface area contributed by atoms with Gasteiger partial charge in [0.2, 0.25) is 0 Å². The number of carbonyl (C=O) groups is 2. The Morgan fingerprint density at radius 2 is 1.66 bits per heavy atom. The molecule has 7 heteroatoms. The van der Waals surface area contributed by atoms with Gasteiger partial charge in [0, 0.05) is 39.5 Å². The highest BCUT2D eigenvalue weighted by molar-refractivity contribution is 5.96. The summed E-state index contributed by atoms with van der Waals surface area (Å²) in [6.07, 6.45) is 1.30. The molecule has 0 atom stereocenters. The lowest BCUT2D eigenvalue weighted by Crippen LogP contribution is -2.47. The van der Waals surface area contributed by atoms with Crippen molar-refractivity contribution in [2.75, 3.05) is 33.4 Å². The number of ether oxygens (including phenoxy) is 2. The standard InChI is InChI=1S/C22H25N3O4/c1-24(16-17-6-3-2-4-7-17)20(26)18-8-5-9-19(23-18)21(27)25-12-10-22(11-13-25)28-14-15-29-22/h2-9H,10-16H2,1H3. The van der Waals surface area contributed by atoms with E-state index in [2.05, 4.69) is 4.98 Å². The fourth-order valence-corrected chi connectivity index (χ4v) is 3.80. The summed E-state index contributed by atoms with van der Waals surface area (Å²) in [4.78, 5) is 33.4. The van der Waals surface area contributed by atoms with Crippen molar-refractivity contribution in [2.24, 2.45) is 0 Å². The number of hydrogen-bond acceptors (Lipinski definition) is 5. The SMILES string of the molecule is CN(Cc1ccccc1)C(=O)c1cccc(C(=O)N2CCC3(CC2)OCCO3)n1. The van der Waals surface area contributed by atoms with Crippen molar-refractivity contribution >= 4 is 11.8 Å². The van der Waals surface area contributed by atoms with Crippen molar-refractivity contribution in [3.8, 4) is 0 Å². The molecular formula is C22H25N3O4. The number of likely N-dealkylation sites (tertiary alicyclic amines) is 1. The van der Waals surface area contributed by atoms with Crippen LogP contribution in [0.2, 0.25) is 0 Å². The molecule has 2 amide bonds. The molecule has 152 valence electrons. The normalized spacial score (nSPS) is 18.0. The van der Waals surface area contributed by atoms with E-state index < -0.39 is 5.79 Å². The van der Waals surface area contributed by atoms with Crippen molar-refractivity contribution < 1.29 is 19.1 Å². The number of rotatable bonds is 4. The van der Waals surface area contributed by atoms with Gasteiger partial charge in [-0.1, -0.05) is 36.4 Å². The largest absolute Gasteiger partial charge is 0.347 e. The van der Waals surface area contributed by atoms with Crippen LogP contribution in [0, 0.1) is 0 Å². The van der Waals surface area contributed by atoms with Crippen LogP contribution in [-0.4, -0.2) is 65.7 Å². The lowest BCUT2D eigenvalue weighted by atomic mass is 10.0. The zero-order valence-corrected chi connectivity index (χ0v) is 16.5. The number of aromatic nitrogens is 1. The molecule has 0 aliphatic carbocycles. The number of nitrogens with zero attached hydrogens (tertiary/aromatic N) is 3. The molecule has 1 aromatic carbocycles. The maximum atomic E-state index is 12.9. The topological polar surface area (TPSA) is 72.0 Å². The molecule has 7 nitrogen and oxygen atoms in total. The highest BCUT2D eigenvalue weighted by Crippen LogP contribution is 2.31. The van der Waals surface area contributed by atoms with Gasteiger partial charge in [-0.15, -0.1) is 0 Å². The zero-order valence-electron chi connectivity index (χ0n) is 16.5. The Morgan fingerprint density at radius 1 is 1.00 bits per heavy atom. The van der Waals surface area contributed by atoms with E-state index in [4.69, 9.17) is 9.47 Å². The van der Waals surface area contributed by atoms with Gasteiger partial charge in [-0.25, -0.2) is 4.98 Å². The summed E-state index contributed by atoms with van der Waals surface area (Å²) >= 11 is 0. The van der Waals surface area contributed by atoms with Gasteiger partial charge in [-0.2, -0.15) is 0 Å². The smallest absolute Gasteiger partial charge is 0.272 e. The van der Waals surface area contributed by atoms with Crippen LogP contribution >= 0.6 is 0 Å². The maximum absolute atomic E-state index is 12.9. The van der Waals surface area contributed by atoms with Gasteiger partial charge in [0.25, 0.3) is 11.8 Å². The molecule has 29 heavy (non-hydrogen) atoms. The van der Waals surface area contributed by atoms with E-state index in [0.29, 0.717) is 45.7 Å². The number of carbonyl (C=O) groups excluding carboxylic acids is 2. The third-order valence-corrected chi connectivity index (χ3v) is 5.42. The van der Waals surface area contributed by atoms with E-state index in [0.717, 1.165) is 5.56 Å². The first-order chi connectivity index (χ1) is 14.1. The third-order valence-electron chi connectivity index (χ3n) is 5.42. The molecule has 4 rings (SSSR count). The predicted molar refractivity (Wildman–Crippen MR) is 106 cm³/mol. The Bertz CT molecular complexity index is 871. The molecule has 2 saturated heterocycles. The molecule has 1 spiro atoms. The Hall–Kier alpha value is -2.77. The van der Waals surface area contributed by atoms with E-state index >= 15 is 0 Å². The van der Waals surface area contributed by atoms with E-state index in [1.54, 1.807) is 35.0 Å². The molecule has 0 bridgehead atoms. The van der Waals surface area contributed by atoms with Crippen LogP contribution in [0.3, 0.4) is 0 Å². The summed E-state index contributed by atoms with van der Waals surface area (Å²) in [7, 11) is 1.73. The first-order valence-electron chi connectivity index (χ1n) is 9.90. The van der Waals surface area contributed by atoms with Gasteiger partial charge in [0.1, 0.15) is 11.4 Å². The van der Waals surface area contributed by atoms with Gasteiger partial charge in [-0.05, 0) is 17.7 Å². The van der Waals surface area contributed by atoms with Crippen molar-refractivity contribution in [1.29, 1.82) is 0 Å². The van der Waals surface area contributed by atoms with E-state index in [1.807, 2.05) is 30.3 Å². The summed E-state index contributed by atoms with van der Waals surface area (Å²) in [5.74, 6) is -0.908. The van der Waals surface area contributed by atoms with E-state index in [1.165, 1.54) is 0 Å². The molecule has 0 radical (unpaired) electrons. The van der Waals surface area contributed by atoms with Crippen LogP contribution in [0.25, 0.3) is 0 Å². The van der Waals surface area contributed by atoms with Crippen molar-refractivity contribution in [1.82, 2.24) is 14.8 Å². The summed E-state index contributed by atoms with van der Waals surface area (Å²) in [5, 5.41) is 0. The second kappa shape index (κ2) is 8.31. The summed E-state index contributed by atoms with van der Waals surface area (Å²) < 4.78 is 11.4. The second-order valence-corrected chi connectivity index (χ2v) is 7.45. The quantitative estimate of drug-likeness (QED) is 0.795. The Labute approximate surface area is 170 Å². The van der Waals surface area contributed by atoms with Crippen LogP contribution in [0.15, 0.2) is 48.5 Å². The first-order valence-corrected chi connectivity index (χ1v) is 9.90. The number of pyridine rings is 1. The average molecular weight is 395 g/mol. The molecule has 2 fully saturated rings. The molecule has 0 unspecified atom stereocenters. The fraction of sp³-hybridized carbons (Fsp3) is 0.409. The lowest BCUT2D eigenvalue weighted by molar-refractivity contribution is -0.181. The maximum Gasteiger partial charge on any atom is 0.272 e. The fourth-order valence-electron chi connectivity index (χ4n) is 3.80. The van der Waals surface area contributed by atoms with Crippen molar-refractivity contribution in [3.05, 3.63) is 65.5 Å². The second-order valence-electron chi connectivity index (χ2n) is 7.45. The number of benzene rings is 1. The summed E-state index contributed by atoms with van der Waals surface area (Å²) in [6.45, 7) is 2.79. The van der Waals surface area contributed by atoms with Crippen LogP contribution < -0.4 is 0 Å². The monoisotopic (exact) mass is 395 g/mol. The molecule has 1 aromatic heterocycles. The predicted octanol–water partition coefficient (Wildman–Crippen LogP) is 2.33.